The van der Waals surface area contributed by atoms with E-state index in [9.17, 15) is 8.78 Å². The first-order valence-electron chi connectivity index (χ1n) is 4.52. The SMILES string of the molecule is CC1CCNc2c(F)cc(F)c(Br)c21. The molecule has 0 radical (unpaired) electrons. The van der Waals surface area contributed by atoms with E-state index in [-0.39, 0.29) is 5.92 Å². The number of fused-ring (bicyclic) bond motifs is 1. The van der Waals surface area contributed by atoms with Gasteiger partial charge in [0, 0.05) is 12.6 Å². The summed E-state index contributed by atoms with van der Waals surface area (Å²) in [5, 5.41) is 2.96. The monoisotopic (exact) mass is 261 g/mol. The highest BCUT2D eigenvalue weighted by Crippen LogP contribution is 2.39. The highest BCUT2D eigenvalue weighted by molar-refractivity contribution is 9.10. The molecule has 1 unspecified atom stereocenters. The molecule has 2 rings (SSSR count). The molecular weight excluding hydrogens is 252 g/mol. The fraction of sp³-hybridized carbons (Fsp3) is 0.400. The third-order valence-corrected chi connectivity index (χ3v) is 3.39. The van der Waals surface area contributed by atoms with Gasteiger partial charge in [0.1, 0.15) is 11.6 Å². The Labute approximate surface area is 89.6 Å². The van der Waals surface area contributed by atoms with E-state index in [2.05, 4.69) is 21.2 Å². The predicted molar refractivity (Wildman–Crippen MR) is 55.6 cm³/mol. The zero-order chi connectivity index (χ0) is 10.3. The average molecular weight is 262 g/mol. The van der Waals surface area contributed by atoms with Gasteiger partial charge in [0.25, 0.3) is 0 Å². The Kier molecular flexibility index (Phi) is 2.47. The molecule has 4 heteroatoms. The van der Waals surface area contributed by atoms with Crippen LogP contribution in [0, 0.1) is 11.6 Å². The first-order chi connectivity index (χ1) is 6.61. The summed E-state index contributed by atoms with van der Waals surface area (Å²) >= 11 is 3.16. The maximum absolute atomic E-state index is 13.4. The fourth-order valence-corrected chi connectivity index (χ4v) is 2.52. The van der Waals surface area contributed by atoms with E-state index in [1.165, 1.54) is 0 Å². The molecule has 1 heterocycles. The Balaban J connectivity index is 2.67. The molecule has 1 nitrogen and oxygen atoms in total. The van der Waals surface area contributed by atoms with E-state index in [0.717, 1.165) is 19.0 Å². The fourth-order valence-electron chi connectivity index (χ4n) is 1.81. The minimum Gasteiger partial charge on any atom is -0.382 e. The van der Waals surface area contributed by atoms with Crippen molar-refractivity contribution < 1.29 is 8.78 Å². The van der Waals surface area contributed by atoms with Gasteiger partial charge in [-0.05, 0) is 33.8 Å². The molecule has 0 saturated carbocycles. The summed E-state index contributed by atoms with van der Waals surface area (Å²) in [5.41, 5.74) is 1.16. The van der Waals surface area contributed by atoms with Gasteiger partial charge in [-0.1, -0.05) is 6.92 Å². The quantitative estimate of drug-likeness (QED) is 0.704. The molecule has 0 amide bonds. The third-order valence-electron chi connectivity index (χ3n) is 2.58. The lowest BCUT2D eigenvalue weighted by Crippen LogP contribution is -2.17. The van der Waals surface area contributed by atoms with E-state index in [0.29, 0.717) is 15.7 Å². The molecule has 14 heavy (non-hydrogen) atoms. The lowest BCUT2D eigenvalue weighted by Gasteiger charge is -2.25. The van der Waals surface area contributed by atoms with Gasteiger partial charge >= 0.3 is 0 Å². The maximum atomic E-state index is 13.4. The zero-order valence-corrected chi connectivity index (χ0v) is 9.29. The number of halogens is 3. The van der Waals surface area contributed by atoms with Crippen molar-refractivity contribution in [1.82, 2.24) is 0 Å². The normalized spacial score (nSPS) is 20.1. The second kappa shape index (κ2) is 3.50. The van der Waals surface area contributed by atoms with Gasteiger partial charge in [-0.2, -0.15) is 0 Å². The number of benzene rings is 1. The summed E-state index contributed by atoms with van der Waals surface area (Å²) < 4.78 is 27.0. The van der Waals surface area contributed by atoms with Crippen molar-refractivity contribution in [2.24, 2.45) is 0 Å². The minimum atomic E-state index is -0.531. The standard InChI is InChI=1S/C10H10BrF2N/c1-5-2-3-14-10-7(13)4-6(12)9(11)8(5)10/h4-5,14H,2-3H2,1H3. The zero-order valence-electron chi connectivity index (χ0n) is 7.70. The molecule has 1 N–H and O–H groups in total. The Hall–Kier alpha value is -0.640. The second-order valence-electron chi connectivity index (χ2n) is 3.56. The summed E-state index contributed by atoms with van der Waals surface area (Å²) in [6, 6.07) is 0.911. The van der Waals surface area contributed by atoms with Gasteiger partial charge < -0.3 is 5.32 Å². The summed E-state index contributed by atoms with van der Waals surface area (Å²) in [7, 11) is 0. The van der Waals surface area contributed by atoms with Gasteiger partial charge in [0.05, 0.1) is 10.2 Å². The maximum Gasteiger partial charge on any atom is 0.149 e. The molecule has 0 fully saturated rings. The van der Waals surface area contributed by atoms with Crippen LogP contribution >= 0.6 is 15.9 Å². The van der Waals surface area contributed by atoms with Crippen molar-refractivity contribution >= 4 is 21.6 Å². The molecule has 0 aromatic heterocycles. The third kappa shape index (κ3) is 1.41. The van der Waals surface area contributed by atoms with Crippen molar-refractivity contribution in [2.75, 3.05) is 11.9 Å². The number of anilines is 1. The molecule has 1 aliphatic heterocycles. The molecule has 0 aliphatic carbocycles. The van der Waals surface area contributed by atoms with E-state index < -0.39 is 11.6 Å². The Morgan fingerprint density at radius 2 is 2.14 bits per heavy atom. The van der Waals surface area contributed by atoms with Gasteiger partial charge in [0.15, 0.2) is 0 Å². The predicted octanol–water partition coefficient (Wildman–Crippen LogP) is 3.65. The van der Waals surface area contributed by atoms with Crippen LogP contribution in [0.1, 0.15) is 24.8 Å². The van der Waals surface area contributed by atoms with Crippen LogP contribution in [0.5, 0.6) is 0 Å². The Bertz CT molecular complexity index is 379. The van der Waals surface area contributed by atoms with Crippen LogP contribution < -0.4 is 5.32 Å². The van der Waals surface area contributed by atoms with Crippen LogP contribution in [0.3, 0.4) is 0 Å². The smallest absolute Gasteiger partial charge is 0.149 e. The Morgan fingerprint density at radius 1 is 1.43 bits per heavy atom. The van der Waals surface area contributed by atoms with Crippen molar-refractivity contribution in [3.05, 3.63) is 27.7 Å². The molecule has 0 saturated heterocycles. The molecule has 76 valence electrons. The number of hydrogen-bond acceptors (Lipinski definition) is 1. The molecular formula is C10H10BrF2N. The lowest BCUT2D eigenvalue weighted by atomic mass is 9.92. The van der Waals surface area contributed by atoms with Gasteiger partial charge in [-0.25, -0.2) is 8.78 Å². The molecule has 1 atom stereocenters. The van der Waals surface area contributed by atoms with Gasteiger partial charge in [-0.3, -0.25) is 0 Å². The summed E-state index contributed by atoms with van der Waals surface area (Å²) in [6.45, 7) is 2.71. The van der Waals surface area contributed by atoms with Gasteiger partial charge in [0.2, 0.25) is 0 Å². The largest absolute Gasteiger partial charge is 0.382 e. The lowest BCUT2D eigenvalue weighted by molar-refractivity contribution is 0.561. The topological polar surface area (TPSA) is 12.0 Å². The second-order valence-corrected chi connectivity index (χ2v) is 4.35. The van der Waals surface area contributed by atoms with E-state index in [4.69, 9.17) is 0 Å². The number of hydrogen-bond donors (Lipinski definition) is 1. The van der Waals surface area contributed by atoms with Crippen LogP contribution in [0.25, 0.3) is 0 Å². The van der Waals surface area contributed by atoms with Crippen LogP contribution in [-0.4, -0.2) is 6.54 Å². The molecule has 1 aromatic carbocycles. The summed E-state index contributed by atoms with van der Waals surface area (Å²) in [5.74, 6) is -0.852. The van der Waals surface area contributed by atoms with Crippen molar-refractivity contribution in [2.45, 2.75) is 19.3 Å². The van der Waals surface area contributed by atoms with Crippen LogP contribution in [-0.2, 0) is 0 Å². The van der Waals surface area contributed by atoms with Gasteiger partial charge in [-0.15, -0.1) is 0 Å². The summed E-state index contributed by atoms with van der Waals surface area (Å²) in [4.78, 5) is 0. The number of rotatable bonds is 0. The Morgan fingerprint density at radius 3 is 2.86 bits per heavy atom. The van der Waals surface area contributed by atoms with E-state index in [1.807, 2.05) is 6.92 Å². The molecule has 1 aliphatic rings. The molecule has 0 bridgehead atoms. The summed E-state index contributed by atoms with van der Waals surface area (Å²) in [6.07, 6.45) is 0.897. The highest BCUT2D eigenvalue weighted by atomic mass is 79.9. The first-order valence-corrected chi connectivity index (χ1v) is 5.32. The van der Waals surface area contributed by atoms with Crippen LogP contribution in [0.4, 0.5) is 14.5 Å². The van der Waals surface area contributed by atoms with Crippen LogP contribution in [0.15, 0.2) is 10.5 Å². The van der Waals surface area contributed by atoms with Crippen molar-refractivity contribution in [1.29, 1.82) is 0 Å². The number of nitrogens with one attached hydrogen (secondary N) is 1. The van der Waals surface area contributed by atoms with E-state index in [1.54, 1.807) is 0 Å². The van der Waals surface area contributed by atoms with Crippen molar-refractivity contribution in [3.8, 4) is 0 Å². The first kappa shape index (κ1) is 9.90. The highest BCUT2D eigenvalue weighted by Gasteiger charge is 2.24. The van der Waals surface area contributed by atoms with Crippen LogP contribution in [0.2, 0.25) is 0 Å². The molecule has 0 spiro atoms. The minimum absolute atomic E-state index is 0.186. The van der Waals surface area contributed by atoms with E-state index >= 15 is 0 Å². The average Bonchev–Trinajstić information content (AvgIpc) is 2.14. The van der Waals surface area contributed by atoms with Crippen molar-refractivity contribution in [3.63, 3.8) is 0 Å². The molecule has 1 aromatic rings.